The smallest absolute Gasteiger partial charge is 0.316 e. The summed E-state index contributed by atoms with van der Waals surface area (Å²) in [4.78, 5) is 35.0. The number of benzene rings is 3. The first-order valence-electron chi connectivity index (χ1n) is 9.17. The van der Waals surface area contributed by atoms with Gasteiger partial charge >= 0.3 is 6.03 Å². The maximum atomic E-state index is 12.2. The Kier molecular flexibility index (Phi) is 6.42. The summed E-state index contributed by atoms with van der Waals surface area (Å²) < 4.78 is 0. The van der Waals surface area contributed by atoms with E-state index < -0.39 is 6.03 Å². The Morgan fingerprint density at radius 2 is 1.52 bits per heavy atom. The average Bonchev–Trinajstić information content (AvgIpc) is 2.71. The fraction of sp³-hybridized carbons (Fsp3) is 0.136. The van der Waals surface area contributed by atoms with Crippen LogP contribution in [0.15, 0.2) is 66.7 Å². The third-order valence-corrected chi connectivity index (χ3v) is 4.39. The fourth-order valence-electron chi connectivity index (χ4n) is 2.97. The van der Waals surface area contributed by atoms with Gasteiger partial charge in [-0.05, 0) is 34.0 Å². The molecule has 148 valence electrons. The van der Waals surface area contributed by atoms with Crippen LogP contribution >= 0.6 is 0 Å². The van der Waals surface area contributed by atoms with Gasteiger partial charge in [-0.15, -0.1) is 0 Å². The number of hydrogen-bond acceptors (Lipinski definition) is 3. The third kappa shape index (κ3) is 5.80. The Balaban J connectivity index is 1.45. The number of urea groups is 1. The molecule has 0 aliphatic carbocycles. The average molecular weight is 390 g/mol. The van der Waals surface area contributed by atoms with Gasteiger partial charge in [0, 0.05) is 12.2 Å². The Bertz CT molecular complexity index is 1030. The van der Waals surface area contributed by atoms with Gasteiger partial charge in [-0.1, -0.05) is 54.6 Å². The number of fused-ring (bicyclic) bond motifs is 1. The number of amides is 4. The van der Waals surface area contributed by atoms with Gasteiger partial charge in [-0.25, -0.2) is 4.79 Å². The van der Waals surface area contributed by atoms with Crippen molar-refractivity contribution < 1.29 is 14.4 Å². The van der Waals surface area contributed by atoms with Crippen molar-refractivity contribution in [2.45, 2.75) is 13.0 Å². The summed E-state index contributed by atoms with van der Waals surface area (Å²) in [6.07, 6.45) is 0.211. The van der Waals surface area contributed by atoms with Crippen LogP contribution < -0.4 is 21.7 Å². The van der Waals surface area contributed by atoms with E-state index in [-0.39, 0.29) is 24.8 Å². The van der Waals surface area contributed by atoms with Crippen LogP contribution in [0.2, 0.25) is 0 Å². The van der Waals surface area contributed by atoms with E-state index in [4.69, 9.17) is 5.73 Å². The number of nitrogens with two attached hydrogens (primary N) is 1. The van der Waals surface area contributed by atoms with Gasteiger partial charge in [0.15, 0.2) is 0 Å². The summed E-state index contributed by atoms with van der Waals surface area (Å²) >= 11 is 0. The van der Waals surface area contributed by atoms with Gasteiger partial charge in [0.2, 0.25) is 11.8 Å². The van der Waals surface area contributed by atoms with Gasteiger partial charge in [0.1, 0.15) is 0 Å². The molecule has 0 saturated carbocycles. The predicted molar refractivity (Wildman–Crippen MR) is 112 cm³/mol. The Morgan fingerprint density at radius 3 is 2.28 bits per heavy atom. The van der Waals surface area contributed by atoms with Crippen LogP contribution in [0.1, 0.15) is 11.1 Å². The molecule has 0 heterocycles. The second-order valence-corrected chi connectivity index (χ2v) is 6.55. The summed E-state index contributed by atoms with van der Waals surface area (Å²) in [5.41, 5.74) is 7.41. The Labute approximate surface area is 168 Å². The molecule has 5 N–H and O–H groups in total. The third-order valence-electron chi connectivity index (χ3n) is 4.39. The molecule has 3 rings (SSSR count). The van der Waals surface area contributed by atoms with Crippen molar-refractivity contribution in [1.82, 2.24) is 10.6 Å². The topological polar surface area (TPSA) is 113 Å². The normalized spacial score (nSPS) is 10.3. The molecule has 0 aliphatic rings. The minimum atomic E-state index is -0.634. The maximum Gasteiger partial charge on any atom is 0.316 e. The van der Waals surface area contributed by atoms with Crippen molar-refractivity contribution in [3.05, 3.63) is 77.9 Å². The summed E-state index contributed by atoms with van der Waals surface area (Å²) in [7, 11) is 0. The lowest BCUT2D eigenvalue weighted by Crippen LogP contribution is -2.37. The van der Waals surface area contributed by atoms with Crippen LogP contribution in [-0.4, -0.2) is 24.4 Å². The van der Waals surface area contributed by atoms with Crippen LogP contribution in [0.4, 0.5) is 10.5 Å². The highest BCUT2D eigenvalue weighted by atomic mass is 16.2. The van der Waals surface area contributed by atoms with E-state index >= 15 is 0 Å². The monoisotopic (exact) mass is 390 g/mol. The number of rotatable bonds is 7. The lowest BCUT2D eigenvalue weighted by molar-refractivity contribution is -0.125. The molecule has 4 amide bonds. The van der Waals surface area contributed by atoms with E-state index in [1.165, 1.54) is 0 Å². The molecule has 7 nitrogen and oxygen atoms in total. The number of carbonyl (C=O) groups excluding carboxylic acids is 3. The first-order chi connectivity index (χ1) is 14.0. The largest absolute Gasteiger partial charge is 0.351 e. The van der Waals surface area contributed by atoms with Crippen molar-refractivity contribution in [3.63, 3.8) is 0 Å². The zero-order valence-electron chi connectivity index (χ0n) is 15.8. The van der Waals surface area contributed by atoms with E-state index in [9.17, 15) is 14.4 Å². The maximum absolute atomic E-state index is 12.2. The van der Waals surface area contributed by atoms with E-state index in [0.717, 1.165) is 21.9 Å². The molecule has 0 atom stereocenters. The van der Waals surface area contributed by atoms with Gasteiger partial charge < -0.3 is 21.7 Å². The van der Waals surface area contributed by atoms with Crippen molar-refractivity contribution in [2.24, 2.45) is 5.73 Å². The van der Waals surface area contributed by atoms with Crippen LogP contribution in [0.25, 0.3) is 10.8 Å². The van der Waals surface area contributed by atoms with E-state index in [1.807, 2.05) is 42.5 Å². The second kappa shape index (κ2) is 9.36. The first-order valence-corrected chi connectivity index (χ1v) is 9.17. The molecule has 7 heteroatoms. The van der Waals surface area contributed by atoms with Gasteiger partial charge in [-0.3, -0.25) is 9.59 Å². The zero-order chi connectivity index (χ0) is 20.6. The molecule has 3 aromatic rings. The molecule has 0 aliphatic heterocycles. The molecule has 3 aromatic carbocycles. The molecule has 0 saturated heterocycles. The molecule has 0 aromatic heterocycles. The summed E-state index contributed by atoms with van der Waals surface area (Å²) in [6.45, 7) is 0.222. The van der Waals surface area contributed by atoms with E-state index in [0.29, 0.717) is 12.2 Å². The van der Waals surface area contributed by atoms with Crippen molar-refractivity contribution >= 4 is 34.3 Å². The summed E-state index contributed by atoms with van der Waals surface area (Å²) in [5, 5.41) is 9.97. The molecule has 29 heavy (non-hydrogen) atoms. The number of anilines is 1. The van der Waals surface area contributed by atoms with Gasteiger partial charge in [0.05, 0.1) is 13.0 Å². The highest BCUT2D eigenvalue weighted by Gasteiger charge is 2.09. The molecule has 0 unspecified atom stereocenters. The van der Waals surface area contributed by atoms with Crippen molar-refractivity contribution in [2.75, 3.05) is 11.9 Å². The standard InChI is InChI=1S/C22H22N4O3/c23-22(29)26-18-10-8-15(9-11-18)13-24-21(28)14-25-20(27)12-17-6-3-5-16-4-1-2-7-19(16)17/h1-11H,12-14H2,(H,24,28)(H,25,27)(H3,23,26,29). The highest BCUT2D eigenvalue weighted by molar-refractivity contribution is 5.91. The molecule has 0 spiro atoms. The lowest BCUT2D eigenvalue weighted by atomic mass is 10.0. The molecule has 0 bridgehead atoms. The number of carbonyl (C=O) groups is 3. The Hall–Kier alpha value is -3.87. The van der Waals surface area contributed by atoms with Crippen molar-refractivity contribution in [1.29, 1.82) is 0 Å². The van der Waals surface area contributed by atoms with Crippen LogP contribution in [0.3, 0.4) is 0 Å². The summed E-state index contributed by atoms with van der Waals surface area (Å²) in [5.74, 6) is -0.492. The highest BCUT2D eigenvalue weighted by Crippen LogP contribution is 2.18. The lowest BCUT2D eigenvalue weighted by Gasteiger charge is -2.09. The molecular formula is C22H22N4O3. The zero-order valence-corrected chi connectivity index (χ0v) is 15.8. The van der Waals surface area contributed by atoms with E-state index in [2.05, 4.69) is 16.0 Å². The quantitative estimate of drug-likeness (QED) is 0.496. The number of hydrogen-bond donors (Lipinski definition) is 4. The number of nitrogens with one attached hydrogen (secondary N) is 3. The van der Waals surface area contributed by atoms with E-state index in [1.54, 1.807) is 24.3 Å². The summed E-state index contributed by atoms with van der Waals surface area (Å²) in [6, 6.07) is 20.0. The van der Waals surface area contributed by atoms with Crippen LogP contribution in [-0.2, 0) is 22.6 Å². The van der Waals surface area contributed by atoms with Gasteiger partial charge in [-0.2, -0.15) is 0 Å². The fourth-order valence-corrected chi connectivity index (χ4v) is 2.97. The molecule has 0 radical (unpaired) electrons. The van der Waals surface area contributed by atoms with Crippen LogP contribution in [0, 0.1) is 0 Å². The van der Waals surface area contributed by atoms with Crippen LogP contribution in [0.5, 0.6) is 0 Å². The number of primary amides is 1. The minimum Gasteiger partial charge on any atom is -0.351 e. The molecule has 0 fully saturated rings. The van der Waals surface area contributed by atoms with Gasteiger partial charge in [0.25, 0.3) is 0 Å². The first kappa shape index (κ1) is 19.9. The van der Waals surface area contributed by atoms with Crippen molar-refractivity contribution in [3.8, 4) is 0 Å². The Morgan fingerprint density at radius 1 is 0.793 bits per heavy atom. The molecular weight excluding hydrogens is 368 g/mol. The second-order valence-electron chi connectivity index (χ2n) is 6.55. The predicted octanol–water partition coefficient (Wildman–Crippen LogP) is 2.31. The minimum absolute atomic E-state index is 0.0923. The SMILES string of the molecule is NC(=O)Nc1ccc(CNC(=O)CNC(=O)Cc2cccc3ccccc23)cc1.